The summed E-state index contributed by atoms with van der Waals surface area (Å²) < 4.78 is 4.19. The van der Waals surface area contributed by atoms with Gasteiger partial charge in [0.1, 0.15) is 5.82 Å². The van der Waals surface area contributed by atoms with E-state index in [0.717, 1.165) is 11.0 Å². The Bertz CT molecular complexity index is 281. The molecule has 1 aliphatic heterocycles. The lowest BCUT2D eigenvalue weighted by molar-refractivity contribution is 0.697. The van der Waals surface area contributed by atoms with Crippen LogP contribution >= 0.6 is 23.3 Å². The minimum absolute atomic E-state index is 0.664. The van der Waals surface area contributed by atoms with E-state index in [9.17, 15) is 0 Å². The van der Waals surface area contributed by atoms with E-state index in [1.807, 2.05) is 18.7 Å². The number of thioether (sulfide) groups is 1. The summed E-state index contributed by atoms with van der Waals surface area (Å²) in [6, 6.07) is 0.664. The molecule has 3 nitrogen and oxygen atoms in total. The molecule has 2 rings (SSSR count). The Balaban J connectivity index is 2.07. The van der Waals surface area contributed by atoms with Crippen LogP contribution in [0.25, 0.3) is 0 Å². The van der Waals surface area contributed by atoms with Gasteiger partial charge < -0.3 is 4.90 Å². The molecule has 0 spiro atoms. The maximum absolute atomic E-state index is 4.38. The second kappa shape index (κ2) is 3.84. The first kappa shape index (κ1) is 9.27. The quantitative estimate of drug-likeness (QED) is 0.752. The molecule has 72 valence electrons. The lowest BCUT2D eigenvalue weighted by atomic mass is 10.2. The van der Waals surface area contributed by atoms with E-state index in [4.69, 9.17) is 0 Å². The van der Waals surface area contributed by atoms with Gasteiger partial charge in [0.05, 0.1) is 0 Å². The molecule has 5 heteroatoms. The van der Waals surface area contributed by atoms with E-state index in [0.29, 0.717) is 6.04 Å². The van der Waals surface area contributed by atoms with Crippen LogP contribution in [0.5, 0.6) is 0 Å². The maximum atomic E-state index is 4.38. The van der Waals surface area contributed by atoms with Crippen molar-refractivity contribution in [1.29, 1.82) is 0 Å². The van der Waals surface area contributed by atoms with Crippen molar-refractivity contribution in [3.8, 4) is 0 Å². The predicted octanol–water partition coefficient (Wildman–Crippen LogP) is 1.79. The number of nitrogens with zero attached hydrogens (tertiary/aromatic N) is 3. The molecule has 2 heterocycles. The highest BCUT2D eigenvalue weighted by Gasteiger charge is 2.22. The van der Waals surface area contributed by atoms with Crippen LogP contribution in [0.3, 0.4) is 0 Å². The van der Waals surface area contributed by atoms with Crippen molar-refractivity contribution in [2.75, 3.05) is 23.5 Å². The van der Waals surface area contributed by atoms with Crippen molar-refractivity contribution in [3.63, 3.8) is 0 Å². The molecule has 0 radical (unpaired) electrons. The van der Waals surface area contributed by atoms with Crippen LogP contribution in [-0.2, 0) is 0 Å². The predicted molar refractivity (Wildman–Crippen MR) is 58.8 cm³/mol. The molecule has 1 aliphatic rings. The molecule has 1 aromatic rings. The molecule has 13 heavy (non-hydrogen) atoms. The minimum Gasteiger partial charge on any atom is -0.346 e. The Kier molecular flexibility index (Phi) is 2.74. The summed E-state index contributed by atoms with van der Waals surface area (Å²) in [5, 5.41) is 1.06. The van der Waals surface area contributed by atoms with Crippen LogP contribution in [-0.4, -0.2) is 34.0 Å². The number of anilines is 1. The summed E-state index contributed by atoms with van der Waals surface area (Å²) in [6.07, 6.45) is 1.28. The maximum Gasteiger partial charge on any atom is 0.205 e. The standard InChI is InChI=1S/C8H13N3S2/c1-6-9-8(13-10-6)11(2)7-3-4-12-5-7/h7H,3-5H2,1-2H3. The third kappa shape index (κ3) is 1.96. The molecule has 0 saturated carbocycles. The van der Waals surface area contributed by atoms with Gasteiger partial charge in [0, 0.05) is 30.4 Å². The number of hydrogen-bond acceptors (Lipinski definition) is 5. The van der Waals surface area contributed by atoms with Gasteiger partial charge in [-0.25, -0.2) is 4.98 Å². The van der Waals surface area contributed by atoms with E-state index in [2.05, 4.69) is 21.3 Å². The Morgan fingerprint density at radius 1 is 1.54 bits per heavy atom. The lowest BCUT2D eigenvalue weighted by Crippen LogP contribution is -2.31. The summed E-state index contributed by atoms with van der Waals surface area (Å²) in [7, 11) is 2.12. The highest BCUT2D eigenvalue weighted by atomic mass is 32.2. The molecule has 1 unspecified atom stereocenters. The molecule has 1 fully saturated rings. The summed E-state index contributed by atoms with van der Waals surface area (Å²) in [4.78, 5) is 6.65. The number of aromatic nitrogens is 2. The van der Waals surface area contributed by atoms with Crippen molar-refractivity contribution in [1.82, 2.24) is 9.36 Å². The highest BCUT2D eigenvalue weighted by molar-refractivity contribution is 7.99. The van der Waals surface area contributed by atoms with Gasteiger partial charge in [-0.3, -0.25) is 0 Å². The van der Waals surface area contributed by atoms with Crippen molar-refractivity contribution in [2.45, 2.75) is 19.4 Å². The van der Waals surface area contributed by atoms with E-state index >= 15 is 0 Å². The fraction of sp³-hybridized carbons (Fsp3) is 0.750. The van der Waals surface area contributed by atoms with Crippen LogP contribution < -0.4 is 4.90 Å². The average molecular weight is 215 g/mol. The highest BCUT2D eigenvalue weighted by Crippen LogP contribution is 2.26. The van der Waals surface area contributed by atoms with Gasteiger partial charge in [-0.1, -0.05) is 0 Å². The van der Waals surface area contributed by atoms with Gasteiger partial charge in [-0.15, -0.1) is 0 Å². The average Bonchev–Trinajstić information content (AvgIpc) is 2.72. The second-order valence-electron chi connectivity index (χ2n) is 3.25. The van der Waals surface area contributed by atoms with Crippen molar-refractivity contribution in [2.24, 2.45) is 0 Å². The van der Waals surface area contributed by atoms with Crippen LogP contribution in [0.4, 0.5) is 5.13 Å². The van der Waals surface area contributed by atoms with Crippen molar-refractivity contribution < 1.29 is 0 Å². The minimum atomic E-state index is 0.664. The SMILES string of the molecule is Cc1nsc(N(C)C2CCSC2)n1. The summed E-state index contributed by atoms with van der Waals surface area (Å²) in [5.74, 6) is 3.40. The van der Waals surface area contributed by atoms with Gasteiger partial charge in [0.2, 0.25) is 5.13 Å². The number of rotatable bonds is 2. The molecule has 0 bridgehead atoms. The smallest absolute Gasteiger partial charge is 0.205 e. The van der Waals surface area contributed by atoms with Gasteiger partial charge in [0.25, 0.3) is 0 Å². The van der Waals surface area contributed by atoms with Crippen molar-refractivity contribution in [3.05, 3.63) is 5.82 Å². The van der Waals surface area contributed by atoms with E-state index in [1.54, 1.807) is 0 Å². The van der Waals surface area contributed by atoms with Crippen LogP contribution in [0, 0.1) is 6.92 Å². The Morgan fingerprint density at radius 2 is 2.38 bits per heavy atom. The van der Waals surface area contributed by atoms with Crippen LogP contribution in [0.1, 0.15) is 12.2 Å². The van der Waals surface area contributed by atoms with Gasteiger partial charge in [0.15, 0.2) is 0 Å². The zero-order valence-corrected chi connectivity index (χ0v) is 9.49. The third-order valence-corrected chi connectivity index (χ3v) is 4.31. The zero-order valence-electron chi connectivity index (χ0n) is 7.86. The molecule has 1 atom stereocenters. The molecule has 0 aromatic carbocycles. The summed E-state index contributed by atoms with van der Waals surface area (Å²) in [5.41, 5.74) is 0. The van der Waals surface area contributed by atoms with E-state index in [1.165, 1.54) is 29.5 Å². The van der Waals surface area contributed by atoms with Gasteiger partial charge >= 0.3 is 0 Å². The van der Waals surface area contributed by atoms with Gasteiger partial charge in [-0.2, -0.15) is 16.1 Å². The normalized spacial score (nSPS) is 22.2. The molecular weight excluding hydrogens is 202 g/mol. The topological polar surface area (TPSA) is 29.0 Å². The summed E-state index contributed by atoms with van der Waals surface area (Å²) >= 11 is 3.53. The Hall–Kier alpha value is -0.290. The van der Waals surface area contributed by atoms with Crippen molar-refractivity contribution >= 4 is 28.4 Å². The largest absolute Gasteiger partial charge is 0.346 e. The van der Waals surface area contributed by atoms with Gasteiger partial charge in [-0.05, 0) is 19.1 Å². The first-order chi connectivity index (χ1) is 6.27. The monoisotopic (exact) mass is 215 g/mol. The fourth-order valence-electron chi connectivity index (χ4n) is 1.41. The molecule has 0 aliphatic carbocycles. The fourth-order valence-corrected chi connectivity index (χ4v) is 3.39. The molecule has 1 saturated heterocycles. The van der Waals surface area contributed by atoms with Crippen LogP contribution in [0.15, 0.2) is 0 Å². The Morgan fingerprint density at radius 3 is 2.92 bits per heavy atom. The number of aryl methyl sites for hydroxylation is 1. The third-order valence-electron chi connectivity index (χ3n) is 2.27. The second-order valence-corrected chi connectivity index (χ2v) is 5.13. The zero-order chi connectivity index (χ0) is 9.26. The molecule has 0 amide bonds. The first-order valence-electron chi connectivity index (χ1n) is 4.38. The summed E-state index contributed by atoms with van der Waals surface area (Å²) in [6.45, 7) is 1.94. The van der Waals surface area contributed by atoms with E-state index in [-0.39, 0.29) is 0 Å². The molecule has 1 aromatic heterocycles. The van der Waals surface area contributed by atoms with Crippen LogP contribution in [0.2, 0.25) is 0 Å². The Labute approximate surface area is 86.7 Å². The first-order valence-corrected chi connectivity index (χ1v) is 6.31. The van der Waals surface area contributed by atoms with E-state index < -0.39 is 0 Å². The molecular formula is C8H13N3S2. The number of hydrogen-bond donors (Lipinski definition) is 0. The molecule has 0 N–H and O–H groups in total. The lowest BCUT2D eigenvalue weighted by Gasteiger charge is -2.21.